The van der Waals surface area contributed by atoms with Crippen LogP contribution in [0.15, 0.2) is 0 Å². The maximum Gasteiger partial charge on any atom is 0.326 e. The summed E-state index contributed by atoms with van der Waals surface area (Å²) in [6, 6.07) is -0.630. The Morgan fingerprint density at radius 2 is 2.24 bits per heavy atom. The molecule has 0 spiro atoms. The van der Waals surface area contributed by atoms with Crippen LogP contribution in [0.1, 0.15) is 20.3 Å². The number of amides is 1. The van der Waals surface area contributed by atoms with Crippen molar-refractivity contribution >= 4 is 23.6 Å². The van der Waals surface area contributed by atoms with E-state index in [2.05, 4.69) is 10.6 Å². The molecule has 0 aliphatic carbocycles. The maximum absolute atomic E-state index is 11.7. The molecule has 1 aliphatic heterocycles. The summed E-state index contributed by atoms with van der Waals surface area (Å²) in [7, 11) is 0. The number of aliphatic carboxylic acids is 1. The Kier molecular flexibility index (Phi) is 5.77. The Labute approximate surface area is 106 Å². The van der Waals surface area contributed by atoms with E-state index < -0.39 is 12.0 Å². The first kappa shape index (κ1) is 14.3. The van der Waals surface area contributed by atoms with Crippen LogP contribution < -0.4 is 10.6 Å². The van der Waals surface area contributed by atoms with Crippen molar-refractivity contribution in [1.82, 2.24) is 10.6 Å². The predicted molar refractivity (Wildman–Crippen MR) is 68.1 cm³/mol. The monoisotopic (exact) mass is 260 g/mol. The Hall–Kier alpha value is -0.750. The third-order valence-corrected chi connectivity index (χ3v) is 3.81. The molecule has 1 unspecified atom stereocenters. The zero-order chi connectivity index (χ0) is 12.8. The highest BCUT2D eigenvalue weighted by Crippen LogP contribution is 2.10. The number of hydrogen-bond donors (Lipinski definition) is 3. The molecule has 0 radical (unpaired) electrons. The van der Waals surface area contributed by atoms with Gasteiger partial charge in [-0.05, 0) is 5.92 Å². The summed E-state index contributed by atoms with van der Waals surface area (Å²) in [5.41, 5.74) is 0. The lowest BCUT2D eigenvalue weighted by Crippen LogP contribution is -2.47. The van der Waals surface area contributed by atoms with Gasteiger partial charge in [-0.15, -0.1) is 0 Å². The number of carboxylic acids is 1. The van der Waals surface area contributed by atoms with Crippen molar-refractivity contribution in [3.63, 3.8) is 0 Å². The van der Waals surface area contributed by atoms with Crippen molar-refractivity contribution in [1.29, 1.82) is 0 Å². The zero-order valence-corrected chi connectivity index (χ0v) is 11.0. The smallest absolute Gasteiger partial charge is 0.326 e. The first-order valence-corrected chi connectivity index (χ1v) is 6.99. The van der Waals surface area contributed by atoms with Gasteiger partial charge in [-0.3, -0.25) is 4.79 Å². The van der Waals surface area contributed by atoms with Crippen LogP contribution in [0.2, 0.25) is 0 Å². The first-order valence-electron chi connectivity index (χ1n) is 5.84. The van der Waals surface area contributed by atoms with Crippen LogP contribution in [0.5, 0.6) is 0 Å². The van der Waals surface area contributed by atoms with E-state index >= 15 is 0 Å². The van der Waals surface area contributed by atoms with Crippen LogP contribution in [-0.4, -0.2) is 47.1 Å². The van der Waals surface area contributed by atoms with E-state index in [1.54, 1.807) is 13.8 Å². The molecule has 98 valence electrons. The highest BCUT2D eigenvalue weighted by molar-refractivity contribution is 7.99. The van der Waals surface area contributed by atoms with Crippen molar-refractivity contribution in [2.45, 2.75) is 32.4 Å². The van der Waals surface area contributed by atoms with Crippen LogP contribution in [0, 0.1) is 5.92 Å². The molecule has 1 aliphatic rings. The van der Waals surface area contributed by atoms with E-state index in [0.29, 0.717) is 6.42 Å². The fourth-order valence-electron chi connectivity index (χ4n) is 1.72. The Balaban J connectivity index is 2.38. The van der Waals surface area contributed by atoms with Crippen LogP contribution >= 0.6 is 11.8 Å². The summed E-state index contributed by atoms with van der Waals surface area (Å²) in [5, 5.41) is 14.8. The summed E-state index contributed by atoms with van der Waals surface area (Å²) in [5.74, 6) is 0.713. The van der Waals surface area contributed by atoms with Gasteiger partial charge in [-0.2, -0.15) is 11.8 Å². The van der Waals surface area contributed by atoms with Crippen molar-refractivity contribution in [2.24, 2.45) is 5.92 Å². The van der Waals surface area contributed by atoms with Gasteiger partial charge < -0.3 is 15.7 Å². The molecule has 0 bridgehead atoms. The fourth-order valence-corrected chi connectivity index (χ4v) is 2.67. The lowest BCUT2D eigenvalue weighted by molar-refractivity contribution is -0.143. The molecule has 0 aromatic rings. The van der Waals surface area contributed by atoms with E-state index in [1.807, 2.05) is 11.8 Å². The van der Waals surface area contributed by atoms with E-state index in [4.69, 9.17) is 5.11 Å². The molecule has 1 amide bonds. The quantitative estimate of drug-likeness (QED) is 0.663. The molecule has 5 nitrogen and oxygen atoms in total. The molecule has 1 rings (SSSR count). The minimum absolute atomic E-state index is 0.106. The maximum atomic E-state index is 11.7. The summed E-state index contributed by atoms with van der Waals surface area (Å²) >= 11 is 1.82. The van der Waals surface area contributed by atoms with E-state index in [0.717, 1.165) is 18.1 Å². The average Bonchev–Trinajstić information content (AvgIpc) is 2.26. The number of rotatable bonds is 5. The highest BCUT2D eigenvalue weighted by atomic mass is 32.2. The Morgan fingerprint density at radius 3 is 2.71 bits per heavy atom. The summed E-state index contributed by atoms with van der Waals surface area (Å²) in [6.07, 6.45) is 0.351. The first-order chi connectivity index (χ1) is 8.00. The summed E-state index contributed by atoms with van der Waals surface area (Å²) in [6.45, 7) is 4.48. The minimum atomic E-state index is -0.973. The van der Waals surface area contributed by atoms with E-state index in [1.165, 1.54) is 0 Å². The normalized spacial score (nSPS) is 22.2. The second kappa shape index (κ2) is 6.86. The molecule has 0 aromatic carbocycles. The van der Waals surface area contributed by atoms with E-state index in [9.17, 15) is 9.59 Å². The van der Waals surface area contributed by atoms with Crippen molar-refractivity contribution in [2.75, 3.05) is 18.1 Å². The Morgan fingerprint density at radius 1 is 1.53 bits per heavy atom. The molecule has 1 heterocycles. The molecule has 2 atom stereocenters. The van der Waals surface area contributed by atoms with Crippen molar-refractivity contribution in [3.8, 4) is 0 Å². The number of carbonyl (C=O) groups is 2. The number of carboxylic acid groups (broad SMARTS) is 1. The van der Waals surface area contributed by atoms with Gasteiger partial charge >= 0.3 is 5.97 Å². The van der Waals surface area contributed by atoms with Gasteiger partial charge in [-0.25, -0.2) is 4.79 Å². The molecular formula is C11H20N2O3S. The number of carbonyl (C=O) groups excluding carboxylic acids is 1. The largest absolute Gasteiger partial charge is 0.480 e. The second-order valence-electron chi connectivity index (χ2n) is 4.56. The minimum Gasteiger partial charge on any atom is -0.480 e. The summed E-state index contributed by atoms with van der Waals surface area (Å²) in [4.78, 5) is 22.6. The number of thioether (sulfide) groups is 1. The molecule has 1 fully saturated rings. The van der Waals surface area contributed by atoms with Gasteiger partial charge in [0.1, 0.15) is 6.04 Å². The molecule has 6 heteroatoms. The van der Waals surface area contributed by atoms with Crippen LogP contribution in [0.3, 0.4) is 0 Å². The van der Waals surface area contributed by atoms with Crippen LogP contribution in [0.4, 0.5) is 0 Å². The van der Waals surface area contributed by atoms with Crippen molar-refractivity contribution in [3.05, 3.63) is 0 Å². The topological polar surface area (TPSA) is 78.4 Å². The van der Waals surface area contributed by atoms with E-state index in [-0.39, 0.29) is 17.9 Å². The van der Waals surface area contributed by atoms with Gasteiger partial charge in [0.05, 0.1) is 0 Å². The van der Waals surface area contributed by atoms with Crippen LogP contribution in [-0.2, 0) is 9.59 Å². The van der Waals surface area contributed by atoms with Gasteiger partial charge in [-0.1, -0.05) is 13.8 Å². The lowest BCUT2D eigenvalue weighted by atomic mass is 10.0. The predicted octanol–water partition coefficient (Wildman–Crippen LogP) is 0.307. The summed E-state index contributed by atoms with van der Waals surface area (Å²) < 4.78 is 0. The Bertz CT molecular complexity index is 278. The average molecular weight is 260 g/mol. The van der Waals surface area contributed by atoms with Gasteiger partial charge in [0.2, 0.25) is 5.91 Å². The SMILES string of the molecule is CC(C)[C@H](NC(=O)CC1CSCCN1)C(=O)O. The van der Waals surface area contributed by atoms with Gasteiger partial charge in [0, 0.05) is 30.5 Å². The molecular weight excluding hydrogens is 240 g/mol. The standard InChI is InChI=1S/C11H20N2O3S/c1-7(2)10(11(15)16)13-9(14)5-8-6-17-4-3-12-8/h7-8,10,12H,3-6H2,1-2H3,(H,13,14)(H,15,16)/t8?,10-/m0/s1. The molecule has 0 aromatic heterocycles. The van der Waals surface area contributed by atoms with Gasteiger partial charge in [0.15, 0.2) is 0 Å². The lowest BCUT2D eigenvalue weighted by Gasteiger charge is -2.24. The number of nitrogens with one attached hydrogen (secondary N) is 2. The highest BCUT2D eigenvalue weighted by Gasteiger charge is 2.25. The molecule has 3 N–H and O–H groups in total. The van der Waals surface area contributed by atoms with Crippen molar-refractivity contribution < 1.29 is 14.7 Å². The molecule has 1 saturated heterocycles. The number of hydrogen-bond acceptors (Lipinski definition) is 4. The third kappa shape index (κ3) is 4.95. The van der Waals surface area contributed by atoms with Crippen LogP contribution in [0.25, 0.3) is 0 Å². The second-order valence-corrected chi connectivity index (χ2v) is 5.71. The fraction of sp³-hybridized carbons (Fsp3) is 0.818. The molecule has 17 heavy (non-hydrogen) atoms. The zero-order valence-electron chi connectivity index (χ0n) is 10.2. The van der Waals surface area contributed by atoms with Gasteiger partial charge in [0.25, 0.3) is 0 Å². The molecule has 0 saturated carbocycles. The third-order valence-electron chi connectivity index (χ3n) is 2.68.